The van der Waals surface area contributed by atoms with Gasteiger partial charge < -0.3 is 15.5 Å². The Labute approximate surface area is 150 Å². The van der Waals surface area contributed by atoms with Gasteiger partial charge in [-0.15, -0.1) is 0 Å². The number of hydrogen-bond donors (Lipinski definition) is 3. The third-order valence-corrected chi connectivity index (χ3v) is 4.64. The summed E-state index contributed by atoms with van der Waals surface area (Å²) >= 11 is 0. The molecule has 0 aliphatic carbocycles. The van der Waals surface area contributed by atoms with Crippen molar-refractivity contribution in [2.75, 3.05) is 13.2 Å². The molecule has 1 heterocycles. The first-order valence-electron chi connectivity index (χ1n) is 8.87. The number of rotatable bonds is 7. The van der Waals surface area contributed by atoms with Crippen LogP contribution in [0.15, 0.2) is 24.3 Å². The lowest BCUT2D eigenvalue weighted by Gasteiger charge is -2.20. The highest BCUT2D eigenvalue weighted by molar-refractivity contribution is 5.29. The van der Waals surface area contributed by atoms with Gasteiger partial charge in [-0.3, -0.25) is 4.68 Å². The summed E-state index contributed by atoms with van der Waals surface area (Å²) in [5.74, 6) is 0. The lowest BCUT2D eigenvalue weighted by molar-refractivity contribution is 0.174. The minimum absolute atomic E-state index is 0.0815. The molecular formula is C20H31N3O2. The van der Waals surface area contributed by atoms with E-state index in [9.17, 15) is 5.11 Å². The van der Waals surface area contributed by atoms with E-state index in [4.69, 9.17) is 5.11 Å². The highest BCUT2D eigenvalue weighted by atomic mass is 16.3. The molecule has 1 atom stereocenters. The van der Waals surface area contributed by atoms with Crippen molar-refractivity contribution in [1.29, 1.82) is 0 Å². The summed E-state index contributed by atoms with van der Waals surface area (Å²) in [5, 5.41) is 27.2. The largest absolute Gasteiger partial charge is 0.394 e. The molecule has 0 saturated heterocycles. The summed E-state index contributed by atoms with van der Waals surface area (Å²) in [6.45, 7) is 12.3. The fraction of sp³-hybridized carbons (Fsp3) is 0.550. The van der Waals surface area contributed by atoms with E-state index in [1.165, 1.54) is 5.56 Å². The third-order valence-electron chi connectivity index (χ3n) is 4.64. The number of nitrogens with zero attached hydrogens (tertiary/aromatic N) is 2. The zero-order valence-electron chi connectivity index (χ0n) is 16.0. The Balaban J connectivity index is 1.93. The van der Waals surface area contributed by atoms with E-state index in [0.717, 1.165) is 22.5 Å². The van der Waals surface area contributed by atoms with E-state index >= 15 is 0 Å². The van der Waals surface area contributed by atoms with Crippen LogP contribution in [-0.2, 0) is 18.5 Å². The standard InChI is InChI=1S/C20H31N3O2/c1-14-18(15(2)23(22-14)10-11-24)12-21-13-19(25)16-6-8-17(9-7-16)20(3,4)5/h6-9,19,21,24-25H,10-13H2,1-5H3. The number of benzene rings is 1. The molecule has 0 radical (unpaired) electrons. The van der Waals surface area contributed by atoms with Gasteiger partial charge in [0.2, 0.25) is 0 Å². The van der Waals surface area contributed by atoms with Crippen LogP contribution in [0.4, 0.5) is 0 Å². The van der Waals surface area contributed by atoms with Gasteiger partial charge in [-0.2, -0.15) is 5.10 Å². The maximum atomic E-state index is 10.4. The number of aliphatic hydroxyl groups is 2. The first-order chi connectivity index (χ1) is 11.7. The van der Waals surface area contributed by atoms with Gasteiger partial charge in [0, 0.05) is 24.3 Å². The van der Waals surface area contributed by atoms with Crippen molar-refractivity contribution in [1.82, 2.24) is 15.1 Å². The van der Waals surface area contributed by atoms with Crippen molar-refractivity contribution in [2.45, 2.75) is 59.2 Å². The van der Waals surface area contributed by atoms with Gasteiger partial charge in [0.15, 0.2) is 0 Å². The van der Waals surface area contributed by atoms with E-state index in [2.05, 4.69) is 43.3 Å². The van der Waals surface area contributed by atoms with Gasteiger partial charge in [-0.1, -0.05) is 45.0 Å². The third kappa shape index (κ3) is 4.91. The molecule has 0 aliphatic rings. The molecule has 0 aliphatic heterocycles. The number of nitrogens with one attached hydrogen (secondary N) is 1. The van der Waals surface area contributed by atoms with Crippen molar-refractivity contribution >= 4 is 0 Å². The molecule has 1 aromatic heterocycles. The molecule has 0 fully saturated rings. The van der Waals surface area contributed by atoms with E-state index in [1.54, 1.807) is 0 Å². The highest BCUT2D eigenvalue weighted by Crippen LogP contribution is 2.24. The molecule has 2 rings (SSSR count). The number of aryl methyl sites for hydroxylation is 1. The van der Waals surface area contributed by atoms with Gasteiger partial charge in [-0.25, -0.2) is 0 Å². The molecule has 5 nitrogen and oxygen atoms in total. The van der Waals surface area contributed by atoms with Crippen LogP contribution < -0.4 is 5.32 Å². The van der Waals surface area contributed by atoms with E-state index in [1.807, 2.05) is 30.7 Å². The SMILES string of the molecule is Cc1nn(CCO)c(C)c1CNCC(O)c1ccc(C(C)(C)C)cc1. The molecular weight excluding hydrogens is 314 g/mol. The van der Waals surface area contributed by atoms with Crippen molar-refractivity contribution in [3.05, 3.63) is 52.3 Å². The number of aliphatic hydroxyl groups excluding tert-OH is 2. The molecule has 2 aromatic rings. The Bertz CT molecular complexity index is 684. The van der Waals surface area contributed by atoms with Crippen LogP contribution >= 0.6 is 0 Å². The van der Waals surface area contributed by atoms with Crippen molar-refractivity contribution in [3.8, 4) is 0 Å². The van der Waals surface area contributed by atoms with Crippen LogP contribution in [0, 0.1) is 13.8 Å². The Morgan fingerprint density at radius 1 is 1.16 bits per heavy atom. The smallest absolute Gasteiger partial charge is 0.0914 e. The fourth-order valence-electron chi connectivity index (χ4n) is 2.96. The predicted molar refractivity (Wildman–Crippen MR) is 101 cm³/mol. The normalized spacial score (nSPS) is 13.2. The molecule has 5 heteroatoms. The Morgan fingerprint density at radius 2 is 1.80 bits per heavy atom. The van der Waals surface area contributed by atoms with Gasteiger partial charge >= 0.3 is 0 Å². The van der Waals surface area contributed by atoms with Gasteiger partial charge in [-0.05, 0) is 30.4 Å². The summed E-state index contributed by atoms with van der Waals surface area (Å²) in [5.41, 5.74) is 5.45. The van der Waals surface area contributed by atoms with Gasteiger partial charge in [0.05, 0.1) is 24.9 Å². The zero-order valence-corrected chi connectivity index (χ0v) is 16.0. The average molecular weight is 345 g/mol. The lowest BCUT2D eigenvalue weighted by Crippen LogP contribution is -2.22. The topological polar surface area (TPSA) is 70.3 Å². The summed E-state index contributed by atoms with van der Waals surface area (Å²) in [6.07, 6.45) is -0.540. The van der Waals surface area contributed by atoms with Gasteiger partial charge in [0.1, 0.15) is 0 Å². The van der Waals surface area contributed by atoms with Crippen molar-refractivity contribution < 1.29 is 10.2 Å². The van der Waals surface area contributed by atoms with Crippen molar-refractivity contribution in [3.63, 3.8) is 0 Å². The van der Waals surface area contributed by atoms with Crippen LogP contribution in [0.5, 0.6) is 0 Å². The summed E-state index contributed by atoms with van der Waals surface area (Å²) in [6, 6.07) is 8.18. The summed E-state index contributed by atoms with van der Waals surface area (Å²) in [7, 11) is 0. The Hall–Kier alpha value is -1.69. The Morgan fingerprint density at radius 3 is 2.36 bits per heavy atom. The minimum Gasteiger partial charge on any atom is -0.394 e. The monoisotopic (exact) mass is 345 g/mol. The minimum atomic E-state index is -0.540. The van der Waals surface area contributed by atoms with Crippen LogP contribution in [0.2, 0.25) is 0 Å². The summed E-state index contributed by atoms with van der Waals surface area (Å²) < 4.78 is 1.83. The highest BCUT2D eigenvalue weighted by Gasteiger charge is 2.15. The molecule has 3 N–H and O–H groups in total. The van der Waals surface area contributed by atoms with Crippen LogP contribution in [-0.4, -0.2) is 33.1 Å². The van der Waals surface area contributed by atoms with Crippen LogP contribution in [0.3, 0.4) is 0 Å². The van der Waals surface area contributed by atoms with Crippen LogP contribution in [0.25, 0.3) is 0 Å². The molecule has 0 spiro atoms. The second-order valence-electron chi connectivity index (χ2n) is 7.61. The summed E-state index contributed by atoms with van der Waals surface area (Å²) in [4.78, 5) is 0. The zero-order chi connectivity index (χ0) is 18.6. The molecule has 0 saturated carbocycles. The van der Waals surface area contributed by atoms with Gasteiger partial charge in [0.25, 0.3) is 0 Å². The molecule has 0 bridgehead atoms. The number of hydrogen-bond acceptors (Lipinski definition) is 4. The van der Waals surface area contributed by atoms with Crippen molar-refractivity contribution in [2.24, 2.45) is 0 Å². The predicted octanol–water partition coefficient (Wildman–Crippen LogP) is 2.61. The quantitative estimate of drug-likeness (QED) is 0.721. The van der Waals surface area contributed by atoms with E-state index in [-0.39, 0.29) is 12.0 Å². The second-order valence-corrected chi connectivity index (χ2v) is 7.61. The van der Waals surface area contributed by atoms with E-state index < -0.39 is 6.10 Å². The average Bonchev–Trinajstić information content (AvgIpc) is 2.82. The molecule has 0 amide bonds. The Kier molecular flexibility index (Phi) is 6.38. The maximum absolute atomic E-state index is 10.4. The molecule has 1 aromatic carbocycles. The first-order valence-corrected chi connectivity index (χ1v) is 8.87. The first kappa shape index (κ1) is 19.6. The van der Waals surface area contributed by atoms with E-state index in [0.29, 0.717) is 19.6 Å². The number of aromatic nitrogens is 2. The van der Waals surface area contributed by atoms with Crippen LogP contribution in [0.1, 0.15) is 55.0 Å². The molecule has 1 unspecified atom stereocenters. The molecule has 138 valence electrons. The second kappa shape index (κ2) is 8.13. The fourth-order valence-corrected chi connectivity index (χ4v) is 2.96. The molecule has 25 heavy (non-hydrogen) atoms. The lowest BCUT2D eigenvalue weighted by atomic mass is 9.86. The maximum Gasteiger partial charge on any atom is 0.0914 e.